The molecule has 6 heteroatoms. The number of carbonyl (C=O) groups is 1. The number of hydrogen-bond donors (Lipinski definition) is 0. The van der Waals surface area contributed by atoms with E-state index < -0.39 is 4.92 Å². The Balaban J connectivity index is 3.07. The molecule has 0 aliphatic rings. The van der Waals surface area contributed by atoms with Crippen LogP contribution in [-0.2, 0) is 11.2 Å². The number of ketones is 1. The molecular formula is C9H7BrINO3. The van der Waals surface area contributed by atoms with Crippen LogP contribution in [-0.4, -0.2) is 16.0 Å². The van der Waals surface area contributed by atoms with Crippen LogP contribution in [0.1, 0.15) is 5.56 Å². The lowest BCUT2D eigenvalue weighted by molar-refractivity contribution is -0.385. The zero-order valence-electron chi connectivity index (χ0n) is 7.57. The van der Waals surface area contributed by atoms with E-state index in [-0.39, 0.29) is 23.2 Å². The Labute approximate surface area is 108 Å². The summed E-state index contributed by atoms with van der Waals surface area (Å²) in [6.45, 7) is 0. The minimum absolute atomic E-state index is 0.00437. The molecule has 0 saturated carbocycles. The molecule has 0 aliphatic heterocycles. The molecule has 0 bridgehead atoms. The second-order valence-electron chi connectivity index (χ2n) is 2.88. The van der Waals surface area contributed by atoms with Crippen LogP contribution in [0.2, 0.25) is 0 Å². The van der Waals surface area contributed by atoms with Gasteiger partial charge in [-0.3, -0.25) is 14.9 Å². The van der Waals surface area contributed by atoms with Crippen molar-refractivity contribution in [2.45, 2.75) is 6.42 Å². The highest BCUT2D eigenvalue weighted by Gasteiger charge is 2.15. The number of halogens is 2. The SMILES string of the molecule is O=C(CBr)Cc1cc(I)ccc1[N+](=O)[O-]. The first-order valence-electron chi connectivity index (χ1n) is 4.05. The number of nitro benzene ring substituents is 1. The van der Waals surface area contributed by atoms with E-state index in [1.54, 1.807) is 12.1 Å². The average Bonchev–Trinajstić information content (AvgIpc) is 2.17. The first-order chi connectivity index (χ1) is 7.04. The topological polar surface area (TPSA) is 60.2 Å². The van der Waals surface area contributed by atoms with Crippen LogP contribution in [0.5, 0.6) is 0 Å². The van der Waals surface area contributed by atoms with Crippen LogP contribution in [0, 0.1) is 13.7 Å². The fraction of sp³-hybridized carbons (Fsp3) is 0.222. The standard InChI is InChI=1S/C9H7BrINO3/c10-5-8(13)4-6-3-7(11)1-2-9(6)12(14)15/h1-3H,4-5H2. The lowest BCUT2D eigenvalue weighted by Gasteiger charge is -2.01. The molecule has 0 atom stereocenters. The number of benzene rings is 1. The lowest BCUT2D eigenvalue weighted by atomic mass is 10.1. The highest BCUT2D eigenvalue weighted by Crippen LogP contribution is 2.21. The van der Waals surface area contributed by atoms with Crippen molar-refractivity contribution in [3.63, 3.8) is 0 Å². The van der Waals surface area contributed by atoms with Crippen molar-refractivity contribution < 1.29 is 9.72 Å². The molecule has 0 spiro atoms. The van der Waals surface area contributed by atoms with Crippen LogP contribution in [0.3, 0.4) is 0 Å². The summed E-state index contributed by atoms with van der Waals surface area (Å²) in [5.74, 6) is -0.0694. The van der Waals surface area contributed by atoms with E-state index in [9.17, 15) is 14.9 Å². The van der Waals surface area contributed by atoms with Crippen molar-refractivity contribution in [2.75, 3.05) is 5.33 Å². The van der Waals surface area contributed by atoms with Gasteiger partial charge < -0.3 is 0 Å². The van der Waals surface area contributed by atoms with Gasteiger partial charge in [0, 0.05) is 21.6 Å². The van der Waals surface area contributed by atoms with Crippen molar-refractivity contribution >= 4 is 50.0 Å². The van der Waals surface area contributed by atoms with Crippen LogP contribution >= 0.6 is 38.5 Å². The number of alkyl halides is 1. The van der Waals surface area contributed by atoms with Gasteiger partial charge in [0.25, 0.3) is 5.69 Å². The maximum Gasteiger partial charge on any atom is 0.273 e. The molecule has 0 aliphatic carbocycles. The summed E-state index contributed by atoms with van der Waals surface area (Å²) >= 11 is 5.09. The summed E-state index contributed by atoms with van der Waals surface area (Å²) in [6.07, 6.45) is 0.0956. The number of rotatable bonds is 4. The van der Waals surface area contributed by atoms with Crippen LogP contribution in [0.4, 0.5) is 5.69 Å². The number of hydrogen-bond acceptors (Lipinski definition) is 3. The summed E-state index contributed by atoms with van der Waals surface area (Å²) in [7, 11) is 0. The Morgan fingerprint density at radius 1 is 1.53 bits per heavy atom. The van der Waals surface area contributed by atoms with Gasteiger partial charge in [-0.1, -0.05) is 15.9 Å². The Kier molecular flexibility index (Phi) is 4.65. The molecule has 0 saturated heterocycles. The van der Waals surface area contributed by atoms with Crippen molar-refractivity contribution in [1.82, 2.24) is 0 Å². The van der Waals surface area contributed by atoms with Crippen LogP contribution in [0.15, 0.2) is 18.2 Å². The van der Waals surface area contributed by atoms with E-state index in [1.165, 1.54) is 6.07 Å². The second kappa shape index (κ2) is 5.55. The quantitative estimate of drug-likeness (QED) is 0.347. The van der Waals surface area contributed by atoms with Gasteiger partial charge in [-0.25, -0.2) is 0 Å². The van der Waals surface area contributed by atoms with Gasteiger partial charge in [0.2, 0.25) is 0 Å². The molecule has 1 aromatic rings. The summed E-state index contributed by atoms with van der Waals surface area (Å²) in [6, 6.07) is 4.75. The minimum atomic E-state index is -0.465. The molecule has 1 rings (SSSR count). The maximum absolute atomic E-state index is 11.2. The Morgan fingerprint density at radius 2 is 2.20 bits per heavy atom. The number of nitrogens with zero attached hydrogens (tertiary/aromatic N) is 1. The van der Waals surface area contributed by atoms with Gasteiger partial charge in [0.05, 0.1) is 10.3 Å². The molecule has 0 heterocycles. The number of carbonyl (C=O) groups excluding carboxylic acids is 1. The van der Waals surface area contributed by atoms with E-state index in [4.69, 9.17) is 0 Å². The van der Waals surface area contributed by atoms with E-state index >= 15 is 0 Å². The molecule has 0 radical (unpaired) electrons. The zero-order valence-corrected chi connectivity index (χ0v) is 11.3. The fourth-order valence-corrected chi connectivity index (χ4v) is 1.89. The summed E-state index contributed by atoms with van der Waals surface area (Å²) in [5.41, 5.74) is 0.473. The highest BCUT2D eigenvalue weighted by atomic mass is 127. The Morgan fingerprint density at radius 3 is 2.73 bits per heavy atom. The smallest absolute Gasteiger partial charge is 0.273 e. The minimum Gasteiger partial charge on any atom is -0.298 e. The monoisotopic (exact) mass is 383 g/mol. The van der Waals surface area contributed by atoms with Gasteiger partial charge in [-0.2, -0.15) is 0 Å². The first-order valence-corrected chi connectivity index (χ1v) is 6.25. The van der Waals surface area contributed by atoms with Gasteiger partial charge in [0.15, 0.2) is 0 Å². The van der Waals surface area contributed by atoms with E-state index in [1.807, 2.05) is 0 Å². The van der Waals surface area contributed by atoms with E-state index in [0.29, 0.717) is 5.56 Å². The van der Waals surface area contributed by atoms with Crippen molar-refractivity contribution in [2.24, 2.45) is 0 Å². The molecule has 0 unspecified atom stereocenters. The van der Waals surface area contributed by atoms with Gasteiger partial charge in [-0.05, 0) is 34.7 Å². The van der Waals surface area contributed by atoms with Gasteiger partial charge >= 0.3 is 0 Å². The maximum atomic E-state index is 11.2. The molecule has 4 nitrogen and oxygen atoms in total. The third kappa shape index (κ3) is 3.53. The first kappa shape index (κ1) is 12.6. The normalized spacial score (nSPS) is 10.0. The number of Topliss-reactive ketones (excluding diaryl/α,β-unsaturated/α-hetero) is 1. The van der Waals surface area contributed by atoms with E-state index in [0.717, 1.165) is 3.57 Å². The van der Waals surface area contributed by atoms with Crippen molar-refractivity contribution in [1.29, 1.82) is 0 Å². The highest BCUT2D eigenvalue weighted by molar-refractivity contribution is 14.1. The number of nitro groups is 1. The molecular weight excluding hydrogens is 377 g/mol. The van der Waals surface area contributed by atoms with Crippen LogP contribution < -0.4 is 0 Å². The molecule has 80 valence electrons. The largest absolute Gasteiger partial charge is 0.298 e. The molecule has 0 amide bonds. The molecule has 0 fully saturated rings. The second-order valence-corrected chi connectivity index (χ2v) is 4.69. The fourth-order valence-electron chi connectivity index (χ4n) is 1.13. The van der Waals surface area contributed by atoms with Crippen molar-refractivity contribution in [3.05, 3.63) is 37.4 Å². The lowest BCUT2D eigenvalue weighted by Crippen LogP contribution is -2.06. The van der Waals surface area contributed by atoms with Crippen LogP contribution in [0.25, 0.3) is 0 Å². The molecule has 1 aromatic carbocycles. The third-order valence-corrected chi connectivity index (χ3v) is 3.07. The zero-order chi connectivity index (χ0) is 11.4. The predicted octanol–water partition coefficient (Wildman–Crippen LogP) is 2.71. The van der Waals surface area contributed by atoms with Gasteiger partial charge in [0.1, 0.15) is 5.78 Å². The average molecular weight is 384 g/mol. The Hall–Kier alpha value is -0.500. The molecule has 0 N–H and O–H groups in total. The molecule has 0 aromatic heterocycles. The Bertz CT molecular complexity index is 408. The molecule has 15 heavy (non-hydrogen) atoms. The van der Waals surface area contributed by atoms with Crippen molar-refractivity contribution in [3.8, 4) is 0 Å². The summed E-state index contributed by atoms with van der Waals surface area (Å²) < 4.78 is 0.885. The van der Waals surface area contributed by atoms with Gasteiger partial charge in [-0.15, -0.1) is 0 Å². The van der Waals surface area contributed by atoms with E-state index in [2.05, 4.69) is 38.5 Å². The summed E-state index contributed by atoms with van der Waals surface area (Å²) in [4.78, 5) is 21.4. The predicted molar refractivity (Wildman–Crippen MR) is 68.3 cm³/mol. The summed E-state index contributed by atoms with van der Waals surface area (Å²) in [5, 5.41) is 10.9. The third-order valence-electron chi connectivity index (χ3n) is 1.77.